The maximum Gasteiger partial charge on any atom is 0.203 e. The molecule has 1 aromatic heterocycles. The maximum atomic E-state index is 12.4. The molecule has 2 aromatic rings. The Morgan fingerprint density at radius 2 is 1.63 bits per heavy atom. The topological polar surface area (TPSA) is 69.1 Å². The van der Waals surface area contributed by atoms with Crippen LogP contribution in [0.2, 0.25) is 0 Å². The molecule has 0 atom stereocenters. The Hall–Kier alpha value is -1.81. The van der Waals surface area contributed by atoms with E-state index in [1.807, 2.05) is 12.1 Å². The highest BCUT2D eigenvalue weighted by Crippen LogP contribution is 2.31. The number of nitrogens with two attached hydrogens (primary N) is 2. The largest absolute Gasteiger partial charge is 0.399 e. The average molecular weight is 274 g/mol. The van der Waals surface area contributed by atoms with Gasteiger partial charge in [0, 0.05) is 21.8 Å². The van der Waals surface area contributed by atoms with Crippen molar-refractivity contribution in [2.24, 2.45) is 0 Å². The van der Waals surface area contributed by atoms with Crippen LogP contribution in [0.4, 0.5) is 11.4 Å². The summed E-state index contributed by atoms with van der Waals surface area (Å²) < 4.78 is 0. The van der Waals surface area contributed by atoms with Crippen LogP contribution in [0.1, 0.15) is 40.9 Å². The minimum atomic E-state index is -0.0282. The Balaban J connectivity index is 2.36. The summed E-state index contributed by atoms with van der Waals surface area (Å²) in [7, 11) is 0. The first kappa shape index (κ1) is 13.6. The van der Waals surface area contributed by atoms with Crippen LogP contribution in [0.25, 0.3) is 0 Å². The van der Waals surface area contributed by atoms with Gasteiger partial charge in [-0.1, -0.05) is 20.8 Å². The third-order valence-corrected chi connectivity index (χ3v) is 4.32. The van der Waals surface area contributed by atoms with Gasteiger partial charge in [-0.25, -0.2) is 0 Å². The highest BCUT2D eigenvalue weighted by molar-refractivity contribution is 7.14. The van der Waals surface area contributed by atoms with E-state index in [4.69, 9.17) is 11.5 Å². The molecule has 0 bridgehead atoms. The molecule has 4 N–H and O–H groups in total. The summed E-state index contributed by atoms with van der Waals surface area (Å²) in [5.74, 6) is -0.0282. The summed E-state index contributed by atoms with van der Waals surface area (Å²) in [4.78, 5) is 14.3. The molecule has 0 amide bonds. The van der Waals surface area contributed by atoms with Crippen molar-refractivity contribution in [2.45, 2.75) is 26.2 Å². The minimum Gasteiger partial charge on any atom is -0.399 e. The second-order valence-electron chi connectivity index (χ2n) is 5.63. The monoisotopic (exact) mass is 274 g/mol. The van der Waals surface area contributed by atoms with E-state index in [1.165, 1.54) is 16.2 Å². The van der Waals surface area contributed by atoms with Gasteiger partial charge < -0.3 is 11.5 Å². The van der Waals surface area contributed by atoms with Gasteiger partial charge in [0.05, 0.1) is 4.88 Å². The van der Waals surface area contributed by atoms with Gasteiger partial charge in [0.25, 0.3) is 0 Å². The zero-order chi connectivity index (χ0) is 14.2. The summed E-state index contributed by atoms with van der Waals surface area (Å²) in [5.41, 5.74) is 13.1. The lowest BCUT2D eigenvalue weighted by Crippen LogP contribution is -2.08. The van der Waals surface area contributed by atoms with Crippen molar-refractivity contribution in [1.82, 2.24) is 0 Å². The average Bonchev–Trinajstić information content (AvgIpc) is 2.75. The van der Waals surface area contributed by atoms with Crippen LogP contribution in [-0.2, 0) is 5.41 Å². The Bertz CT molecular complexity index is 603. The van der Waals surface area contributed by atoms with Crippen LogP contribution in [0.5, 0.6) is 0 Å². The molecule has 19 heavy (non-hydrogen) atoms. The fourth-order valence-electron chi connectivity index (χ4n) is 1.81. The standard InChI is InChI=1S/C15H18N2OS/c1-15(2,3)13-5-4-12(19-13)14(18)9-6-10(16)8-11(17)7-9/h4-8H,16-17H2,1-3H3. The van der Waals surface area contributed by atoms with E-state index in [-0.39, 0.29) is 11.2 Å². The van der Waals surface area contributed by atoms with Crippen LogP contribution in [-0.4, -0.2) is 5.78 Å². The lowest BCUT2D eigenvalue weighted by atomic mass is 9.95. The first-order chi connectivity index (χ1) is 8.77. The maximum absolute atomic E-state index is 12.4. The van der Waals surface area contributed by atoms with Crippen molar-refractivity contribution in [3.8, 4) is 0 Å². The number of nitrogen functional groups attached to an aromatic ring is 2. The number of ketones is 1. The molecule has 1 heterocycles. The van der Waals surface area contributed by atoms with Gasteiger partial charge in [0.2, 0.25) is 5.78 Å². The van der Waals surface area contributed by atoms with Gasteiger partial charge >= 0.3 is 0 Å². The number of benzene rings is 1. The number of carbonyl (C=O) groups excluding carboxylic acids is 1. The number of hydrogen-bond donors (Lipinski definition) is 2. The fraction of sp³-hybridized carbons (Fsp3) is 0.267. The normalized spacial score (nSPS) is 11.5. The van der Waals surface area contributed by atoms with Gasteiger partial charge in [-0.3, -0.25) is 4.79 Å². The van der Waals surface area contributed by atoms with Gasteiger partial charge in [0.15, 0.2) is 0 Å². The highest BCUT2D eigenvalue weighted by atomic mass is 32.1. The second kappa shape index (κ2) is 4.70. The van der Waals surface area contributed by atoms with Gasteiger partial charge in [-0.05, 0) is 35.7 Å². The van der Waals surface area contributed by atoms with Crippen molar-refractivity contribution in [1.29, 1.82) is 0 Å². The third kappa shape index (κ3) is 2.96. The van der Waals surface area contributed by atoms with Crippen molar-refractivity contribution < 1.29 is 4.79 Å². The summed E-state index contributed by atoms with van der Waals surface area (Å²) in [5, 5.41) is 0. The van der Waals surface area contributed by atoms with Crippen molar-refractivity contribution in [3.05, 3.63) is 45.6 Å². The molecule has 0 unspecified atom stereocenters. The molecule has 1 aromatic carbocycles. The predicted octanol–water partition coefficient (Wildman–Crippen LogP) is 3.44. The second-order valence-corrected chi connectivity index (χ2v) is 6.72. The number of anilines is 2. The minimum absolute atomic E-state index is 0.0282. The van der Waals surface area contributed by atoms with Crippen LogP contribution >= 0.6 is 11.3 Å². The van der Waals surface area contributed by atoms with Crippen LogP contribution < -0.4 is 11.5 Å². The molecule has 0 fully saturated rings. The molecule has 0 aliphatic rings. The molecule has 0 saturated heterocycles. The van der Waals surface area contributed by atoms with Crippen molar-refractivity contribution in [3.63, 3.8) is 0 Å². The predicted molar refractivity (Wildman–Crippen MR) is 81.7 cm³/mol. The molecule has 0 aliphatic heterocycles. The number of carbonyl (C=O) groups is 1. The summed E-state index contributed by atoms with van der Waals surface area (Å²) in [6, 6.07) is 8.84. The first-order valence-electron chi connectivity index (χ1n) is 6.08. The van der Waals surface area contributed by atoms with E-state index in [2.05, 4.69) is 20.8 Å². The molecule has 0 aliphatic carbocycles. The molecular weight excluding hydrogens is 256 g/mol. The quantitative estimate of drug-likeness (QED) is 0.651. The Morgan fingerprint density at radius 3 is 2.11 bits per heavy atom. The summed E-state index contributed by atoms with van der Waals surface area (Å²) in [6.07, 6.45) is 0. The molecule has 4 heteroatoms. The zero-order valence-electron chi connectivity index (χ0n) is 11.4. The van der Waals surface area contributed by atoms with Crippen molar-refractivity contribution >= 4 is 28.5 Å². The number of hydrogen-bond acceptors (Lipinski definition) is 4. The van der Waals surface area contributed by atoms with E-state index in [9.17, 15) is 4.79 Å². The smallest absolute Gasteiger partial charge is 0.203 e. The van der Waals surface area contributed by atoms with Gasteiger partial charge in [-0.15, -0.1) is 11.3 Å². The third-order valence-electron chi connectivity index (χ3n) is 2.81. The molecular formula is C15H18N2OS. The molecule has 2 rings (SSSR count). The Labute approximate surface area is 117 Å². The fourth-order valence-corrected chi connectivity index (χ4v) is 2.84. The van der Waals surface area contributed by atoms with E-state index in [0.717, 1.165) is 4.88 Å². The molecule has 3 nitrogen and oxygen atoms in total. The lowest BCUT2D eigenvalue weighted by Gasteiger charge is -2.15. The van der Waals surface area contributed by atoms with Crippen LogP contribution in [0.3, 0.4) is 0 Å². The van der Waals surface area contributed by atoms with Crippen molar-refractivity contribution in [2.75, 3.05) is 11.5 Å². The molecule has 0 radical (unpaired) electrons. The SMILES string of the molecule is CC(C)(C)c1ccc(C(=O)c2cc(N)cc(N)c2)s1. The first-order valence-corrected chi connectivity index (χ1v) is 6.90. The van der Waals surface area contributed by atoms with E-state index in [1.54, 1.807) is 18.2 Å². The molecule has 100 valence electrons. The molecule has 0 spiro atoms. The summed E-state index contributed by atoms with van der Waals surface area (Å²) >= 11 is 1.52. The van der Waals surface area contributed by atoms with E-state index in [0.29, 0.717) is 16.9 Å². The van der Waals surface area contributed by atoms with Crippen LogP contribution in [0.15, 0.2) is 30.3 Å². The Kier molecular flexibility index (Phi) is 3.37. The zero-order valence-corrected chi connectivity index (χ0v) is 12.2. The van der Waals surface area contributed by atoms with Crippen LogP contribution in [0, 0.1) is 0 Å². The van der Waals surface area contributed by atoms with Gasteiger partial charge in [0.1, 0.15) is 0 Å². The lowest BCUT2D eigenvalue weighted by molar-refractivity contribution is 0.104. The Morgan fingerprint density at radius 1 is 1.05 bits per heavy atom. The number of thiophene rings is 1. The summed E-state index contributed by atoms with van der Waals surface area (Å²) in [6.45, 7) is 6.39. The van der Waals surface area contributed by atoms with Gasteiger partial charge in [-0.2, -0.15) is 0 Å². The number of rotatable bonds is 2. The highest BCUT2D eigenvalue weighted by Gasteiger charge is 2.19. The van der Waals surface area contributed by atoms with E-state index < -0.39 is 0 Å². The molecule has 0 saturated carbocycles. The van der Waals surface area contributed by atoms with E-state index >= 15 is 0 Å².